The van der Waals surface area contributed by atoms with Gasteiger partial charge in [-0.2, -0.15) is 0 Å². The van der Waals surface area contributed by atoms with E-state index < -0.39 is 0 Å². The van der Waals surface area contributed by atoms with Gasteiger partial charge in [0.15, 0.2) is 4.96 Å². The maximum absolute atomic E-state index is 4.85. The Hall–Kier alpha value is -1.13. The molecule has 0 radical (unpaired) electrons. The molecule has 0 bridgehead atoms. The quantitative estimate of drug-likeness (QED) is 0.635. The number of hydrogen-bond acceptors (Lipinski definition) is 2. The number of nitrogens with zero attached hydrogens (tertiary/aromatic N) is 2. The zero-order chi connectivity index (χ0) is 13.0. The zero-order valence-corrected chi connectivity index (χ0v) is 13.0. The number of benzene rings is 1. The minimum absolute atomic E-state index is 1.10. The van der Waals surface area contributed by atoms with Crippen LogP contribution in [0.1, 0.15) is 22.7 Å². The summed E-state index contributed by atoms with van der Waals surface area (Å²) in [6.45, 7) is 2.18. The van der Waals surface area contributed by atoms with Gasteiger partial charge in [0.05, 0.1) is 5.69 Å². The summed E-state index contributed by atoms with van der Waals surface area (Å²) in [7, 11) is 0. The molecule has 3 aromatic rings. The second kappa shape index (κ2) is 4.18. The van der Waals surface area contributed by atoms with E-state index in [1.807, 2.05) is 11.3 Å². The Labute approximate surface area is 124 Å². The molecular weight excluding hydrogens is 320 g/mol. The van der Waals surface area contributed by atoms with Crippen LogP contribution >= 0.6 is 27.3 Å². The van der Waals surface area contributed by atoms with Gasteiger partial charge in [0.2, 0.25) is 0 Å². The van der Waals surface area contributed by atoms with Crippen molar-refractivity contribution in [1.82, 2.24) is 9.38 Å². The molecule has 19 heavy (non-hydrogen) atoms. The summed E-state index contributed by atoms with van der Waals surface area (Å²) in [5.41, 5.74) is 5.07. The predicted octanol–water partition coefficient (Wildman–Crippen LogP) is 4.62. The van der Waals surface area contributed by atoms with Gasteiger partial charge in [-0.15, -0.1) is 11.3 Å². The molecule has 2 nitrogen and oxygen atoms in total. The number of aromatic nitrogens is 2. The summed E-state index contributed by atoms with van der Waals surface area (Å²) in [5.74, 6) is 0. The molecule has 0 saturated heterocycles. The smallest absolute Gasteiger partial charge is 0.194 e. The molecule has 2 heterocycles. The molecule has 96 valence electrons. The molecule has 0 N–H and O–H groups in total. The van der Waals surface area contributed by atoms with Gasteiger partial charge in [-0.05, 0) is 38.3 Å². The van der Waals surface area contributed by atoms with Crippen molar-refractivity contribution in [3.63, 3.8) is 0 Å². The van der Waals surface area contributed by atoms with Crippen molar-refractivity contribution in [3.8, 4) is 11.3 Å². The van der Waals surface area contributed by atoms with Gasteiger partial charge in [0.1, 0.15) is 0 Å². The van der Waals surface area contributed by atoms with Crippen LogP contribution in [0.4, 0.5) is 0 Å². The lowest BCUT2D eigenvalue weighted by atomic mass is 10.1. The second-order valence-corrected chi connectivity index (χ2v) is 6.98. The van der Waals surface area contributed by atoms with E-state index in [2.05, 4.69) is 51.5 Å². The van der Waals surface area contributed by atoms with Crippen LogP contribution in [0.25, 0.3) is 16.2 Å². The van der Waals surface area contributed by atoms with E-state index in [0.29, 0.717) is 0 Å². The van der Waals surface area contributed by atoms with Crippen LogP contribution in [-0.4, -0.2) is 9.38 Å². The number of hydrogen-bond donors (Lipinski definition) is 0. The van der Waals surface area contributed by atoms with Crippen molar-refractivity contribution in [1.29, 1.82) is 0 Å². The summed E-state index contributed by atoms with van der Waals surface area (Å²) in [5, 5.41) is 0. The topological polar surface area (TPSA) is 17.3 Å². The van der Waals surface area contributed by atoms with Crippen LogP contribution in [0.5, 0.6) is 0 Å². The Morgan fingerprint density at radius 2 is 2.21 bits per heavy atom. The minimum atomic E-state index is 1.10. The number of rotatable bonds is 1. The highest BCUT2D eigenvalue weighted by molar-refractivity contribution is 9.10. The number of fused-ring (bicyclic) bond motifs is 3. The first-order valence-corrected chi connectivity index (χ1v) is 8.10. The third-order valence-corrected chi connectivity index (χ3v) is 5.43. The van der Waals surface area contributed by atoms with Crippen LogP contribution in [-0.2, 0) is 12.8 Å². The van der Waals surface area contributed by atoms with Crippen molar-refractivity contribution >= 4 is 32.2 Å². The molecule has 2 aromatic heterocycles. The molecule has 1 aromatic carbocycles. The van der Waals surface area contributed by atoms with E-state index >= 15 is 0 Å². The summed E-state index contributed by atoms with van der Waals surface area (Å²) >= 11 is 5.40. The van der Waals surface area contributed by atoms with Crippen molar-refractivity contribution < 1.29 is 0 Å². The number of aryl methyl sites for hydroxylation is 3. The first-order valence-electron chi connectivity index (χ1n) is 6.49. The molecule has 0 unspecified atom stereocenters. The highest BCUT2D eigenvalue weighted by atomic mass is 79.9. The fraction of sp³-hybridized carbons (Fsp3) is 0.267. The Morgan fingerprint density at radius 1 is 1.32 bits per heavy atom. The molecule has 0 fully saturated rings. The summed E-state index contributed by atoms with van der Waals surface area (Å²) in [6.07, 6.45) is 3.72. The lowest BCUT2D eigenvalue weighted by Gasteiger charge is -2.01. The molecule has 0 atom stereocenters. The van der Waals surface area contributed by atoms with E-state index in [-0.39, 0.29) is 0 Å². The molecule has 0 spiro atoms. The molecule has 1 aliphatic rings. The summed E-state index contributed by atoms with van der Waals surface area (Å²) < 4.78 is 3.47. The van der Waals surface area contributed by atoms with Gasteiger partial charge in [0.25, 0.3) is 0 Å². The Kier molecular flexibility index (Phi) is 2.57. The highest BCUT2D eigenvalue weighted by Crippen LogP contribution is 2.35. The van der Waals surface area contributed by atoms with Crippen molar-refractivity contribution in [2.45, 2.75) is 26.2 Å². The van der Waals surface area contributed by atoms with Gasteiger partial charge in [-0.3, -0.25) is 4.40 Å². The Bertz CT molecular complexity index is 785. The van der Waals surface area contributed by atoms with Gasteiger partial charge in [-0.1, -0.05) is 28.1 Å². The molecule has 4 rings (SSSR count). The molecule has 4 heteroatoms. The first kappa shape index (κ1) is 11.7. The number of imidazole rings is 1. The van der Waals surface area contributed by atoms with Gasteiger partial charge in [0, 0.05) is 26.3 Å². The lowest BCUT2D eigenvalue weighted by Crippen LogP contribution is -1.91. The molecule has 0 aliphatic heterocycles. The number of halogens is 1. The summed E-state index contributed by atoms with van der Waals surface area (Å²) in [4.78, 5) is 7.53. The van der Waals surface area contributed by atoms with Crippen LogP contribution in [0, 0.1) is 6.92 Å². The van der Waals surface area contributed by atoms with Gasteiger partial charge < -0.3 is 0 Å². The molecular formula is C15H13BrN2S. The number of thiazole rings is 1. The third kappa shape index (κ3) is 1.70. The van der Waals surface area contributed by atoms with Crippen LogP contribution in [0.15, 0.2) is 28.7 Å². The summed E-state index contributed by atoms with van der Waals surface area (Å²) in [6, 6.07) is 8.38. The first-order chi connectivity index (χ1) is 9.24. The van der Waals surface area contributed by atoms with E-state index in [1.165, 1.54) is 41.1 Å². The van der Waals surface area contributed by atoms with E-state index in [0.717, 1.165) is 15.1 Å². The maximum Gasteiger partial charge on any atom is 0.194 e. The van der Waals surface area contributed by atoms with E-state index in [4.69, 9.17) is 4.98 Å². The fourth-order valence-electron chi connectivity index (χ4n) is 2.93. The normalized spacial score (nSPS) is 14.2. The van der Waals surface area contributed by atoms with Gasteiger partial charge >= 0.3 is 0 Å². The van der Waals surface area contributed by atoms with Gasteiger partial charge in [-0.25, -0.2) is 4.98 Å². The minimum Gasteiger partial charge on any atom is -0.291 e. The van der Waals surface area contributed by atoms with E-state index in [9.17, 15) is 0 Å². The van der Waals surface area contributed by atoms with Crippen LogP contribution in [0.2, 0.25) is 0 Å². The highest BCUT2D eigenvalue weighted by Gasteiger charge is 2.22. The standard InChI is InChI=1S/C15H13BrN2S/c1-9-14(10-4-2-5-11(16)8-10)17-15-18(9)12-6-3-7-13(12)19-15/h2,4-5,8H,3,6-7H2,1H3. The fourth-order valence-corrected chi connectivity index (χ4v) is 4.58. The van der Waals surface area contributed by atoms with Crippen molar-refractivity contribution in [2.24, 2.45) is 0 Å². The van der Waals surface area contributed by atoms with Crippen molar-refractivity contribution in [3.05, 3.63) is 45.0 Å². The van der Waals surface area contributed by atoms with Crippen LogP contribution < -0.4 is 0 Å². The third-order valence-electron chi connectivity index (χ3n) is 3.80. The molecule has 0 saturated carbocycles. The monoisotopic (exact) mass is 332 g/mol. The largest absolute Gasteiger partial charge is 0.291 e. The second-order valence-electron chi connectivity index (χ2n) is 5.00. The van der Waals surface area contributed by atoms with E-state index in [1.54, 1.807) is 0 Å². The average molecular weight is 333 g/mol. The lowest BCUT2D eigenvalue weighted by molar-refractivity contribution is 0.882. The predicted molar refractivity (Wildman–Crippen MR) is 83.0 cm³/mol. The zero-order valence-electron chi connectivity index (χ0n) is 10.6. The SMILES string of the molecule is Cc1c(-c2cccc(Br)c2)nc2sc3c(n12)CCC3. The molecule has 0 amide bonds. The van der Waals surface area contributed by atoms with Crippen molar-refractivity contribution in [2.75, 3.05) is 0 Å². The Balaban J connectivity index is 1.97. The van der Waals surface area contributed by atoms with Crippen LogP contribution in [0.3, 0.4) is 0 Å². The average Bonchev–Trinajstić information content (AvgIpc) is 3.01. The maximum atomic E-state index is 4.85. The Morgan fingerprint density at radius 3 is 3.05 bits per heavy atom. The molecule has 1 aliphatic carbocycles.